The van der Waals surface area contributed by atoms with E-state index in [9.17, 15) is 0 Å². The van der Waals surface area contributed by atoms with Crippen LogP contribution in [0.5, 0.6) is 0 Å². The van der Waals surface area contributed by atoms with Crippen LogP contribution in [0.2, 0.25) is 0 Å². The van der Waals surface area contributed by atoms with Gasteiger partial charge in [-0.25, -0.2) is 0 Å². The van der Waals surface area contributed by atoms with E-state index in [1.807, 2.05) is 24.3 Å². The number of ether oxygens (including phenoxy) is 1. The summed E-state index contributed by atoms with van der Waals surface area (Å²) >= 11 is 0. The van der Waals surface area contributed by atoms with Gasteiger partial charge in [0.15, 0.2) is 0 Å². The lowest BCUT2D eigenvalue weighted by Gasteiger charge is -2.04. The molecular weight excluding hydrogens is 204 g/mol. The number of benzene rings is 1. The zero-order valence-corrected chi connectivity index (χ0v) is 9.23. The van der Waals surface area contributed by atoms with Crippen LogP contribution in [0.25, 0.3) is 17.1 Å². The summed E-state index contributed by atoms with van der Waals surface area (Å²) in [6.45, 7) is 5.56. The Labute approximate surface area is 93.6 Å². The summed E-state index contributed by atoms with van der Waals surface area (Å²) in [5.41, 5.74) is 1.79. The van der Waals surface area contributed by atoms with E-state index in [4.69, 9.17) is 9.26 Å². The lowest BCUT2D eigenvalue weighted by molar-refractivity contribution is 0.371. The first-order valence-corrected chi connectivity index (χ1v) is 4.84. The van der Waals surface area contributed by atoms with Crippen molar-refractivity contribution in [2.45, 2.75) is 6.92 Å². The minimum absolute atomic E-state index is 0.547. The second kappa shape index (κ2) is 4.18. The van der Waals surface area contributed by atoms with Crippen molar-refractivity contribution in [3.05, 3.63) is 42.3 Å². The van der Waals surface area contributed by atoms with E-state index < -0.39 is 0 Å². The molecule has 0 saturated heterocycles. The van der Waals surface area contributed by atoms with Gasteiger partial charge in [-0.3, -0.25) is 0 Å². The van der Waals surface area contributed by atoms with E-state index >= 15 is 0 Å². The highest BCUT2D eigenvalue weighted by atomic mass is 16.5. The van der Waals surface area contributed by atoms with Crippen LogP contribution in [-0.2, 0) is 4.74 Å². The van der Waals surface area contributed by atoms with Gasteiger partial charge in [0.25, 0.3) is 0 Å². The van der Waals surface area contributed by atoms with E-state index in [0.717, 1.165) is 11.1 Å². The second-order valence-electron chi connectivity index (χ2n) is 3.35. The Kier molecular flexibility index (Phi) is 2.72. The maximum atomic E-state index is 5.07. The Morgan fingerprint density at radius 3 is 2.88 bits per heavy atom. The number of methoxy groups -OCH3 is 1. The number of aromatic nitrogens is 2. The van der Waals surface area contributed by atoms with Gasteiger partial charge in [0.1, 0.15) is 5.76 Å². The fraction of sp³-hybridized carbons (Fsp3) is 0.167. The van der Waals surface area contributed by atoms with Gasteiger partial charge < -0.3 is 9.26 Å². The molecule has 4 nitrogen and oxygen atoms in total. The first-order valence-electron chi connectivity index (χ1n) is 4.84. The molecule has 1 heterocycles. The summed E-state index contributed by atoms with van der Waals surface area (Å²) in [6.07, 6.45) is 0. The average molecular weight is 216 g/mol. The highest BCUT2D eigenvalue weighted by molar-refractivity contribution is 5.65. The molecule has 0 fully saturated rings. The lowest BCUT2D eigenvalue weighted by atomic mass is 10.1. The molecule has 0 bridgehead atoms. The Balaban J connectivity index is 2.39. The van der Waals surface area contributed by atoms with E-state index in [2.05, 4.69) is 16.7 Å². The van der Waals surface area contributed by atoms with Crippen molar-refractivity contribution in [2.75, 3.05) is 7.11 Å². The van der Waals surface area contributed by atoms with Crippen molar-refractivity contribution in [1.82, 2.24) is 10.1 Å². The predicted octanol–water partition coefficient (Wildman–Crippen LogP) is 2.66. The highest BCUT2D eigenvalue weighted by Gasteiger charge is 2.07. The molecular formula is C12H12N2O2. The maximum absolute atomic E-state index is 5.07. The van der Waals surface area contributed by atoms with Gasteiger partial charge in [-0.05, 0) is 6.07 Å². The molecule has 0 aliphatic carbocycles. The van der Waals surface area contributed by atoms with Crippen LogP contribution in [0.1, 0.15) is 11.5 Å². The van der Waals surface area contributed by atoms with Crippen molar-refractivity contribution >= 4 is 5.76 Å². The third-order valence-electron chi connectivity index (χ3n) is 2.22. The smallest absolute Gasteiger partial charge is 0.223 e. The van der Waals surface area contributed by atoms with Gasteiger partial charge in [-0.1, -0.05) is 29.9 Å². The van der Waals surface area contributed by atoms with E-state index in [1.54, 1.807) is 14.0 Å². The normalized spacial score (nSPS) is 10.1. The van der Waals surface area contributed by atoms with Crippen molar-refractivity contribution < 1.29 is 9.26 Å². The van der Waals surface area contributed by atoms with Crippen molar-refractivity contribution in [3.63, 3.8) is 0 Å². The van der Waals surface area contributed by atoms with Gasteiger partial charge in [0.05, 0.1) is 7.11 Å². The summed E-state index contributed by atoms with van der Waals surface area (Å²) in [4.78, 5) is 4.16. The number of rotatable bonds is 3. The minimum Gasteiger partial charge on any atom is -0.497 e. The Morgan fingerprint density at radius 2 is 2.25 bits per heavy atom. The fourth-order valence-corrected chi connectivity index (χ4v) is 1.37. The molecule has 0 N–H and O–H groups in total. The Bertz CT molecular complexity index is 517. The monoisotopic (exact) mass is 216 g/mol. The summed E-state index contributed by atoms with van der Waals surface area (Å²) < 4.78 is 10.0. The number of aryl methyl sites for hydroxylation is 1. The van der Waals surface area contributed by atoms with Crippen LogP contribution in [-0.4, -0.2) is 17.3 Å². The average Bonchev–Trinajstić information content (AvgIpc) is 2.75. The van der Waals surface area contributed by atoms with Crippen LogP contribution in [0, 0.1) is 6.92 Å². The predicted molar refractivity (Wildman–Crippen MR) is 60.5 cm³/mol. The quantitative estimate of drug-likeness (QED) is 0.740. The first-order chi connectivity index (χ1) is 7.70. The van der Waals surface area contributed by atoms with E-state index in [0.29, 0.717) is 17.5 Å². The molecule has 82 valence electrons. The topological polar surface area (TPSA) is 48.2 Å². The molecule has 0 unspecified atom stereocenters. The molecule has 0 amide bonds. The van der Waals surface area contributed by atoms with Crippen LogP contribution in [0.4, 0.5) is 0 Å². The fourth-order valence-electron chi connectivity index (χ4n) is 1.37. The Morgan fingerprint density at radius 1 is 1.44 bits per heavy atom. The molecule has 1 aromatic heterocycles. The summed E-state index contributed by atoms with van der Waals surface area (Å²) in [7, 11) is 1.59. The third kappa shape index (κ3) is 1.95. The summed E-state index contributed by atoms with van der Waals surface area (Å²) in [5.74, 6) is 1.73. The molecule has 1 aromatic carbocycles. The van der Waals surface area contributed by atoms with Gasteiger partial charge >= 0.3 is 0 Å². The third-order valence-corrected chi connectivity index (χ3v) is 2.22. The molecule has 4 heteroatoms. The van der Waals surface area contributed by atoms with Crippen LogP contribution < -0.4 is 0 Å². The van der Waals surface area contributed by atoms with Crippen LogP contribution in [0.15, 0.2) is 35.4 Å². The van der Waals surface area contributed by atoms with E-state index in [-0.39, 0.29) is 0 Å². The standard InChI is InChI=1S/C12H12N2O2/c1-8(15-3)10-5-4-6-11(7-10)12-13-9(2)16-14-12/h4-7H,1H2,2-3H3. The van der Waals surface area contributed by atoms with Gasteiger partial charge in [0.2, 0.25) is 11.7 Å². The zero-order chi connectivity index (χ0) is 11.5. The first kappa shape index (κ1) is 10.4. The maximum Gasteiger partial charge on any atom is 0.223 e. The summed E-state index contributed by atoms with van der Waals surface area (Å²) in [6, 6.07) is 7.65. The molecule has 0 aliphatic rings. The molecule has 0 aliphatic heterocycles. The molecule has 2 aromatic rings. The summed E-state index contributed by atoms with van der Waals surface area (Å²) in [5, 5.41) is 3.86. The zero-order valence-electron chi connectivity index (χ0n) is 9.23. The lowest BCUT2D eigenvalue weighted by Crippen LogP contribution is -1.87. The van der Waals surface area contributed by atoms with Crippen molar-refractivity contribution in [3.8, 4) is 11.4 Å². The highest BCUT2D eigenvalue weighted by Crippen LogP contribution is 2.21. The van der Waals surface area contributed by atoms with Gasteiger partial charge in [-0.15, -0.1) is 0 Å². The molecule has 0 atom stereocenters. The minimum atomic E-state index is 0.547. The molecule has 0 spiro atoms. The molecule has 2 rings (SSSR count). The van der Waals surface area contributed by atoms with Gasteiger partial charge in [0, 0.05) is 18.1 Å². The number of hydrogen-bond donors (Lipinski definition) is 0. The largest absolute Gasteiger partial charge is 0.497 e. The van der Waals surface area contributed by atoms with Crippen LogP contribution in [0.3, 0.4) is 0 Å². The molecule has 0 saturated carbocycles. The van der Waals surface area contributed by atoms with E-state index in [1.165, 1.54) is 0 Å². The van der Waals surface area contributed by atoms with Crippen LogP contribution >= 0.6 is 0 Å². The number of hydrogen-bond acceptors (Lipinski definition) is 4. The van der Waals surface area contributed by atoms with Gasteiger partial charge in [-0.2, -0.15) is 4.98 Å². The molecule has 16 heavy (non-hydrogen) atoms. The Hall–Kier alpha value is -2.10. The SMILES string of the molecule is C=C(OC)c1cccc(-c2noc(C)n2)c1. The number of nitrogens with zero attached hydrogens (tertiary/aromatic N) is 2. The van der Waals surface area contributed by atoms with Crippen molar-refractivity contribution in [2.24, 2.45) is 0 Å². The second-order valence-corrected chi connectivity index (χ2v) is 3.35. The molecule has 0 radical (unpaired) electrons. The van der Waals surface area contributed by atoms with Crippen molar-refractivity contribution in [1.29, 1.82) is 0 Å².